The Bertz CT molecular complexity index is 3060. The SMILES string of the molecule is Cc1cc(S(=O)(=O)N2CCC(CN(CC(F)(F)F)C3CCN(c4cccc5c4n(C)c(=O)n5C4CCC(=O)NC4=O)CC3)CC2)ccc1Nc1ncc2cc(Cl)c(=O)n(C3CCCC34CC4)c2n1. The lowest BCUT2D eigenvalue weighted by Crippen LogP contribution is -2.50. The second-order valence-corrected chi connectivity index (χ2v) is 21.8. The Morgan fingerprint density at radius 1 is 0.941 bits per heavy atom. The molecule has 21 heteroatoms. The number of aromatic nitrogens is 5. The summed E-state index contributed by atoms with van der Waals surface area (Å²) in [6, 6.07) is 10.6. The van der Waals surface area contributed by atoms with Crippen LogP contribution in [0.4, 0.5) is 30.5 Å². The highest BCUT2D eigenvalue weighted by Gasteiger charge is 2.53. The minimum Gasteiger partial charge on any atom is -0.370 e. The van der Waals surface area contributed by atoms with Crippen molar-refractivity contribution in [3.05, 3.63) is 80.1 Å². The summed E-state index contributed by atoms with van der Waals surface area (Å²) in [4.78, 5) is 64.5. The number of fused-ring (bicyclic) bond motifs is 2. The Morgan fingerprint density at radius 2 is 1.69 bits per heavy atom. The molecule has 68 heavy (non-hydrogen) atoms. The number of halogens is 4. The number of nitrogens with zero attached hydrogens (tertiary/aromatic N) is 8. The predicted molar refractivity (Wildman–Crippen MR) is 251 cm³/mol. The molecule has 0 bridgehead atoms. The van der Waals surface area contributed by atoms with E-state index in [9.17, 15) is 40.8 Å². The van der Waals surface area contributed by atoms with Gasteiger partial charge in [0.15, 0.2) is 0 Å². The monoisotopic (exact) mass is 978 g/mol. The second-order valence-electron chi connectivity index (χ2n) is 19.4. The minimum absolute atomic E-state index is 0.0168. The number of imidazole rings is 1. The zero-order chi connectivity index (χ0) is 47.9. The molecule has 5 fully saturated rings. The third-order valence-corrected chi connectivity index (χ3v) is 17.4. The van der Waals surface area contributed by atoms with E-state index < -0.39 is 40.4 Å². The van der Waals surface area contributed by atoms with Gasteiger partial charge in [0.05, 0.1) is 28.2 Å². The molecule has 1 spiro atoms. The third-order valence-electron chi connectivity index (χ3n) is 15.2. The van der Waals surface area contributed by atoms with Gasteiger partial charge < -0.3 is 10.2 Å². The second kappa shape index (κ2) is 17.6. The average molecular weight is 980 g/mol. The molecule has 6 heterocycles. The number of piperidine rings is 3. The van der Waals surface area contributed by atoms with E-state index in [0.29, 0.717) is 72.1 Å². The predicted octanol–water partition coefficient (Wildman–Crippen LogP) is 6.57. The maximum Gasteiger partial charge on any atom is 0.401 e. The molecule has 5 aliphatic rings. The van der Waals surface area contributed by atoms with Crippen molar-refractivity contribution in [2.24, 2.45) is 18.4 Å². The van der Waals surface area contributed by atoms with E-state index >= 15 is 0 Å². The van der Waals surface area contributed by atoms with Gasteiger partial charge in [-0.05, 0) is 118 Å². The fourth-order valence-electron chi connectivity index (χ4n) is 11.5. The lowest BCUT2D eigenvalue weighted by atomic mass is 9.95. The Hall–Kier alpha value is -5.31. The number of para-hydroxylation sites is 1. The number of nitrogens with one attached hydrogen (secondary N) is 2. The quantitative estimate of drug-likeness (QED) is 0.137. The first-order chi connectivity index (χ1) is 32.4. The van der Waals surface area contributed by atoms with Gasteiger partial charge in [0.25, 0.3) is 5.56 Å². The highest BCUT2D eigenvalue weighted by molar-refractivity contribution is 7.89. The van der Waals surface area contributed by atoms with Gasteiger partial charge in [-0.15, -0.1) is 0 Å². The van der Waals surface area contributed by atoms with Crippen molar-refractivity contribution in [1.82, 2.24) is 38.2 Å². The van der Waals surface area contributed by atoms with Crippen molar-refractivity contribution in [3.8, 4) is 0 Å². The Morgan fingerprint density at radius 3 is 2.38 bits per heavy atom. The van der Waals surface area contributed by atoms with Crippen LogP contribution in [0.3, 0.4) is 0 Å². The Kier molecular flexibility index (Phi) is 12.0. The van der Waals surface area contributed by atoms with Gasteiger partial charge in [-0.25, -0.2) is 18.2 Å². The van der Waals surface area contributed by atoms with Crippen molar-refractivity contribution in [2.75, 3.05) is 49.5 Å². The molecule has 5 aromatic rings. The molecule has 3 aliphatic heterocycles. The van der Waals surface area contributed by atoms with Crippen LogP contribution >= 0.6 is 11.6 Å². The van der Waals surface area contributed by atoms with Gasteiger partial charge in [-0.3, -0.25) is 38.3 Å². The van der Waals surface area contributed by atoms with Crippen molar-refractivity contribution in [2.45, 2.75) is 107 Å². The van der Waals surface area contributed by atoms with Crippen LogP contribution in [-0.4, -0.2) is 105 Å². The summed E-state index contributed by atoms with van der Waals surface area (Å²) < 4.78 is 76.5. The zero-order valence-corrected chi connectivity index (χ0v) is 39.5. The number of aryl methyl sites for hydroxylation is 2. The number of sulfonamides is 1. The molecule has 2 amide bonds. The summed E-state index contributed by atoms with van der Waals surface area (Å²) in [6.07, 6.45) is 4.34. The molecule has 2 N–H and O–H groups in total. The van der Waals surface area contributed by atoms with Gasteiger partial charge in [0.1, 0.15) is 16.7 Å². The summed E-state index contributed by atoms with van der Waals surface area (Å²) in [5, 5.41) is 6.32. The lowest BCUT2D eigenvalue weighted by molar-refractivity contribution is -0.153. The smallest absolute Gasteiger partial charge is 0.370 e. The molecule has 362 valence electrons. The number of pyridine rings is 1. The average Bonchev–Trinajstić information content (AvgIpc) is 3.91. The van der Waals surface area contributed by atoms with Gasteiger partial charge in [-0.2, -0.15) is 22.5 Å². The summed E-state index contributed by atoms with van der Waals surface area (Å²) >= 11 is 6.40. The van der Waals surface area contributed by atoms with E-state index in [1.165, 1.54) is 24.4 Å². The lowest BCUT2D eigenvalue weighted by Gasteiger charge is -2.42. The molecule has 2 unspecified atom stereocenters. The fraction of sp³-hybridized carbons (Fsp3) is 0.532. The first-order valence-electron chi connectivity index (χ1n) is 23.5. The van der Waals surface area contributed by atoms with Gasteiger partial charge in [0.2, 0.25) is 27.8 Å². The maximum atomic E-state index is 14.1. The van der Waals surface area contributed by atoms with Crippen LogP contribution in [0.15, 0.2) is 63.1 Å². The summed E-state index contributed by atoms with van der Waals surface area (Å²) in [5.74, 6) is -0.810. The van der Waals surface area contributed by atoms with Gasteiger partial charge in [0, 0.05) is 75.5 Å². The van der Waals surface area contributed by atoms with Gasteiger partial charge >= 0.3 is 11.9 Å². The van der Waals surface area contributed by atoms with E-state index in [4.69, 9.17) is 16.6 Å². The van der Waals surface area contributed by atoms with Crippen molar-refractivity contribution in [1.29, 1.82) is 0 Å². The summed E-state index contributed by atoms with van der Waals surface area (Å²) in [7, 11) is -2.30. The van der Waals surface area contributed by atoms with E-state index in [1.54, 1.807) is 55.1 Å². The first kappa shape index (κ1) is 46.4. The molecule has 2 saturated carbocycles. The Balaban J connectivity index is 0.785. The number of alkyl halides is 3. The van der Waals surface area contributed by atoms with Crippen molar-refractivity contribution >= 4 is 72.8 Å². The number of carbonyl (C=O) groups is 2. The summed E-state index contributed by atoms with van der Waals surface area (Å²) in [6.45, 7) is 2.10. The first-order valence-corrected chi connectivity index (χ1v) is 25.3. The zero-order valence-electron chi connectivity index (χ0n) is 37.9. The largest absolute Gasteiger partial charge is 0.401 e. The number of benzene rings is 2. The number of imide groups is 1. The van der Waals surface area contributed by atoms with Crippen molar-refractivity contribution < 1.29 is 31.2 Å². The molecule has 10 rings (SSSR count). The van der Waals surface area contributed by atoms with Crippen LogP contribution in [0.25, 0.3) is 22.1 Å². The number of carbonyl (C=O) groups excluding carboxylic acids is 2. The number of anilines is 3. The van der Waals surface area contributed by atoms with Crippen LogP contribution < -0.4 is 26.8 Å². The fourth-order valence-corrected chi connectivity index (χ4v) is 13.3. The topological polar surface area (TPSA) is 177 Å². The maximum absolute atomic E-state index is 14.1. The summed E-state index contributed by atoms with van der Waals surface area (Å²) in [5.41, 5.74) is 3.07. The normalized spacial score (nSPS) is 22.0. The molecular weight excluding hydrogens is 925 g/mol. The molecular formula is C47H54ClF3N10O6S. The third kappa shape index (κ3) is 8.59. The van der Waals surface area contributed by atoms with Crippen LogP contribution in [-0.2, 0) is 26.7 Å². The molecule has 2 aromatic carbocycles. The standard InChI is InChI=1S/C47H54ClF3N10O6S/c1-28-23-32(8-9-34(28)53-44-52-25-30-24-33(48)43(64)61(41(30)55-44)38-7-4-16-46(38)17-18-46)68(66,67)59-21-12-29(13-22-59)26-58(27-47(49,50)51)31-14-19-57(20-15-31)35-5-3-6-36-40(35)56(2)45(65)60(36)37-10-11-39(62)54-42(37)63/h3,5-6,8-9,23-25,29,31,37-38H,4,7,10-22,26-27H2,1-2H3,(H,52,53,55)(H,54,62,63). The highest BCUT2D eigenvalue weighted by atomic mass is 35.5. The van der Waals surface area contributed by atoms with Crippen LogP contribution in [0.5, 0.6) is 0 Å². The number of hydrogen-bond donors (Lipinski definition) is 2. The van der Waals surface area contributed by atoms with E-state index in [2.05, 4.69) is 20.5 Å². The molecule has 3 aromatic heterocycles. The van der Waals surface area contributed by atoms with E-state index in [1.807, 2.05) is 6.07 Å². The number of amides is 2. The molecule has 0 radical (unpaired) electrons. The van der Waals surface area contributed by atoms with Crippen LogP contribution in [0.2, 0.25) is 5.02 Å². The molecule has 2 atom stereocenters. The molecule has 2 aliphatic carbocycles. The van der Waals surface area contributed by atoms with Crippen LogP contribution in [0.1, 0.15) is 88.3 Å². The van der Waals surface area contributed by atoms with E-state index in [0.717, 1.165) is 37.8 Å². The Labute approximate surface area is 395 Å². The van der Waals surface area contributed by atoms with Gasteiger partial charge in [-0.1, -0.05) is 24.1 Å². The molecule has 3 saturated heterocycles. The van der Waals surface area contributed by atoms with Crippen LogP contribution in [0, 0.1) is 18.3 Å². The van der Waals surface area contributed by atoms with E-state index in [-0.39, 0.29) is 83.2 Å². The number of hydrogen-bond acceptors (Lipinski definition) is 11. The van der Waals surface area contributed by atoms with Crippen molar-refractivity contribution in [3.63, 3.8) is 0 Å². The minimum atomic E-state index is -4.44. The highest BCUT2D eigenvalue weighted by Crippen LogP contribution is 2.63. The molecule has 16 nitrogen and oxygen atoms in total. The number of rotatable bonds is 11.